The van der Waals surface area contributed by atoms with Gasteiger partial charge in [-0.25, -0.2) is 0 Å². The van der Waals surface area contributed by atoms with Gasteiger partial charge in [0.2, 0.25) is 0 Å². The molecule has 0 aliphatic carbocycles. The molecule has 0 aromatic carbocycles. The molecular formula is C16H30N4O. The number of nitrogens with one attached hydrogen (secondary N) is 1. The van der Waals surface area contributed by atoms with Crippen LogP contribution < -0.4 is 5.32 Å². The first-order chi connectivity index (χ1) is 9.93. The van der Waals surface area contributed by atoms with Gasteiger partial charge in [0.25, 0.3) is 0 Å². The lowest BCUT2D eigenvalue weighted by Crippen LogP contribution is -2.37. The summed E-state index contributed by atoms with van der Waals surface area (Å²) in [5.74, 6) is 2.23. The Balaban J connectivity index is 2.00. The van der Waals surface area contributed by atoms with Gasteiger partial charge in [-0.1, -0.05) is 6.42 Å². The first-order valence-corrected chi connectivity index (χ1v) is 8.16. The van der Waals surface area contributed by atoms with Crippen molar-refractivity contribution in [3.8, 4) is 0 Å². The molecule has 5 nitrogen and oxygen atoms in total. The molecule has 0 saturated heterocycles. The molecule has 0 amide bonds. The number of aryl methyl sites for hydroxylation is 1. The van der Waals surface area contributed by atoms with E-state index in [1.54, 1.807) is 7.11 Å². The second-order valence-electron chi connectivity index (χ2n) is 6.89. The van der Waals surface area contributed by atoms with Gasteiger partial charge in [0, 0.05) is 26.1 Å². The van der Waals surface area contributed by atoms with Crippen LogP contribution in [-0.2, 0) is 17.7 Å². The van der Waals surface area contributed by atoms with E-state index < -0.39 is 0 Å². The average Bonchev–Trinajstić information content (AvgIpc) is 2.67. The standard InChI is InChI=1S/C16H30N4O/c1-12(11-16(3,4)21-5)17-13(2)15-19-18-14-9-7-6-8-10-20(14)15/h12-13,17H,6-11H2,1-5H3. The minimum atomic E-state index is -0.103. The van der Waals surface area contributed by atoms with Crippen molar-refractivity contribution < 1.29 is 4.74 Å². The molecule has 21 heavy (non-hydrogen) atoms. The predicted molar refractivity (Wildman–Crippen MR) is 84.3 cm³/mol. The molecule has 120 valence electrons. The third kappa shape index (κ3) is 4.27. The van der Waals surface area contributed by atoms with E-state index in [4.69, 9.17) is 4.74 Å². The van der Waals surface area contributed by atoms with Gasteiger partial charge in [0.15, 0.2) is 0 Å². The zero-order valence-corrected chi connectivity index (χ0v) is 14.1. The zero-order valence-electron chi connectivity index (χ0n) is 14.1. The molecule has 0 fully saturated rings. The minimum absolute atomic E-state index is 0.103. The summed E-state index contributed by atoms with van der Waals surface area (Å²) in [7, 11) is 1.77. The summed E-state index contributed by atoms with van der Waals surface area (Å²) in [5.41, 5.74) is -0.103. The highest BCUT2D eigenvalue weighted by molar-refractivity contribution is 5.02. The number of hydrogen-bond donors (Lipinski definition) is 1. The Hall–Kier alpha value is -0.940. The van der Waals surface area contributed by atoms with Crippen LogP contribution in [0.3, 0.4) is 0 Å². The Morgan fingerprint density at radius 2 is 2.00 bits per heavy atom. The Morgan fingerprint density at radius 1 is 1.24 bits per heavy atom. The highest BCUT2D eigenvalue weighted by Crippen LogP contribution is 2.21. The van der Waals surface area contributed by atoms with Crippen molar-refractivity contribution in [3.63, 3.8) is 0 Å². The fourth-order valence-electron chi connectivity index (χ4n) is 3.21. The monoisotopic (exact) mass is 294 g/mol. The van der Waals surface area contributed by atoms with Crippen molar-refractivity contribution in [2.45, 2.75) is 84.0 Å². The van der Waals surface area contributed by atoms with Gasteiger partial charge < -0.3 is 14.6 Å². The van der Waals surface area contributed by atoms with E-state index in [0.29, 0.717) is 6.04 Å². The normalized spacial score (nSPS) is 18.9. The van der Waals surface area contributed by atoms with Crippen molar-refractivity contribution in [1.82, 2.24) is 20.1 Å². The molecule has 2 unspecified atom stereocenters. The summed E-state index contributed by atoms with van der Waals surface area (Å²) in [6, 6.07) is 0.584. The van der Waals surface area contributed by atoms with Gasteiger partial charge in [-0.15, -0.1) is 10.2 Å². The van der Waals surface area contributed by atoms with Crippen LogP contribution in [0.15, 0.2) is 0 Å². The van der Waals surface area contributed by atoms with E-state index in [2.05, 4.69) is 47.8 Å². The van der Waals surface area contributed by atoms with Gasteiger partial charge >= 0.3 is 0 Å². The summed E-state index contributed by atoms with van der Waals surface area (Å²) in [4.78, 5) is 0. The van der Waals surface area contributed by atoms with Gasteiger partial charge in [0.1, 0.15) is 11.6 Å². The number of nitrogens with zero attached hydrogens (tertiary/aromatic N) is 3. The zero-order chi connectivity index (χ0) is 15.5. The molecule has 2 heterocycles. The van der Waals surface area contributed by atoms with E-state index in [-0.39, 0.29) is 11.6 Å². The molecule has 1 aromatic rings. The van der Waals surface area contributed by atoms with Crippen LogP contribution in [0, 0.1) is 0 Å². The third-order valence-corrected chi connectivity index (χ3v) is 4.41. The Bertz CT molecular complexity index is 455. The van der Waals surface area contributed by atoms with Crippen molar-refractivity contribution in [2.24, 2.45) is 0 Å². The second kappa shape index (κ2) is 6.88. The summed E-state index contributed by atoms with van der Waals surface area (Å²) < 4.78 is 7.83. The van der Waals surface area contributed by atoms with Crippen LogP contribution in [0.1, 0.15) is 71.1 Å². The van der Waals surface area contributed by atoms with E-state index in [1.165, 1.54) is 19.3 Å². The van der Waals surface area contributed by atoms with Gasteiger partial charge in [-0.2, -0.15) is 0 Å². The van der Waals surface area contributed by atoms with Crippen LogP contribution in [0.2, 0.25) is 0 Å². The smallest absolute Gasteiger partial charge is 0.149 e. The number of hydrogen-bond acceptors (Lipinski definition) is 4. The maximum absolute atomic E-state index is 5.51. The topological polar surface area (TPSA) is 52.0 Å². The molecule has 1 aromatic heterocycles. The highest BCUT2D eigenvalue weighted by Gasteiger charge is 2.24. The van der Waals surface area contributed by atoms with Crippen LogP contribution in [0.5, 0.6) is 0 Å². The van der Waals surface area contributed by atoms with Crippen LogP contribution >= 0.6 is 0 Å². The lowest BCUT2D eigenvalue weighted by Gasteiger charge is -2.29. The van der Waals surface area contributed by atoms with Crippen LogP contribution in [0.4, 0.5) is 0 Å². The first kappa shape index (κ1) is 16.4. The lowest BCUT2D eigenvalue weighted by atomic mass is 9.99. The molecular weight excluding hydrogens is 264 g/mol. The molecule has 5 heteroatoms. The maximum atomic E-state index is 5.51. The van der Waals surface area contributed by atoms with Crippen molar-refractivity contribution in [1.29, 1.82) is 0 Å². The summed E-state index contributed by atoms with van der Waals surface area (Å²) >= 11 is 0. The van der Waals surface area contributed by atoms with Crippen molar-refractivity contribution in [3.05, 3.63) is 11.6 Å². The number of rotatable bonds is 6. The molecule has 2 atom stereocenters. The summed E-state index contributed by atoms with van der Waals surface area (Å²) in [6.45, 7) is 9.69. The molecule has 1 aliphatic heterocycles. The molecule has 1 aliphatic rings. The Morgan fingerprint density at radius 3 is 2.71 bits per heavy atom. The lowest BCUT2D eigenvalue weighted by molar-refractivity contribution is 0.00771. The highest BCUT2D eigenvalue weighted by atomic mass is 16.5. The summed E-state index contributed by atoms with van der Waals surface area (Å²) in [5, 5.41) is 12.5. The van der Waals surface area contributed by atoms with Gasteiger partial charge in [0.05, 0.1) is 11.6 Å². The third-order valence-electron chi connectivity index (χ3n) is 4.41. The van der Waals surface area contributed by atoms with E-state index in [0.717, 1.165) is 31.0 Å². The molecule has 0 spiro atoms. The fourth-order valence-corrected chi connectivity index (χ4v) is 3.21. The van der Waals surface area contributed by atoms with Crippen LogP contribution in [-0.4, -0.2) is 33.5 Å². The molecule has 2 rings (SSSR count). The number of fused-ring (bicyclic) bond motifs is 1. The second-order valence-corrected chi connectivity index (χ2v) is 6.89. The maximum Gasteiger partial charge on any atom is 0.149 e. The number of methoxy groups -OCH3 is 1. The van der Waals surface area contributed by atoms with Gasteiger partial charge in [-0.3, -0.25) is 0 Å². The summed E-state index contributed by atoms with van der Waals surface area (Å²) in [6.07, 6.45) is 5.79. The first-order valence-electron chi connectivity index (χ1n) is 8.16. The minimum Gasteiger partial charge on any atom is -0.379 e. The van der Waals surface area contributed by atoms with E-state index in [9.17, 15) is 0 Å². The fraction of sp³-hybridized carbons (Fsp3) is 0.875. The quantitative estimate of drug-likeness (QED) is 0.876. The van der Waals surface area contributed by atoms with E-state index >= 15 is 0 Å². The molecule has 1 N–H and O–H groups in total. The Labute approximate surface area is 128 Å². The van der Waals surface area contributed by atoms with E-state index in [1.807, 2.05) is 0 Å². The predicted octanol–water partition coefficient (Wildman–Crippen LogP) is 2.86. The number of ether oxygens (including phenoxy) is 1. The SMILES string of the molecule is COC(C)(C)CC(C)NC(C)c1nnc2n1CCCCC2. The van der Waals surface area contributed by atoms with Crippen molar-refractivity contribution >= 4 is 0 Å². The average molecular weight is 294 g/mol. The largest absolute Gasteiger partial charge is 0.379 e. The van der Waals surface area contributed by atoms with Crippen molar-refractivity contribution in [2.75, 3.05) is 7.11 Å². The molecule has 0 bridgehead atoms. The number of aromatic nitrogens is 3. The molecule has 0 radical (unpaired) electrons. The van der Waals surface area contributed by atoms with Crippen LogP contribution in [0.25, 0.3) is 0 Å². The molecule has 0 saturated carbocycles. The Kier molecular flexibility index (Phi) is 5.38. The van der Waals surface area contributed by atoms with Gasteiger partial charge in [-0.05, 0) is 47.0 Å².